The highest BCUT2D eigenvalue weighted by molar-refractivity contribution is 7.89. The number of rotatable bonds is 3. The molecule has 3 nitrogen and oxygen atoms in total. The van der Waals surface area contributed by atoms with E-state index in [0.717, 1.165) is 16.4 Å². The summed E-state index contributed by atoms with van der Waals surface area (Å²) < 4.78 is 38.2. The lowest BCUT2D eigenvalue weighted by Crippen LogP contribution is -2.27. The van der Waals surface area contributed by atoms with Gasteiger partial charge in [0, 0.05) is 7.05 Å². The van der Waals surface area contributed by atoms with Gasteiger partial charge in [0.1, 0.15) is 4.90 Å². The molecule has 7 heteroatoms. The second-order valence-corrected chi connectivity index (χ2v) is 5.94. The monoisotopic (exact) mass is 295 g/mol. The van der Waals surface area contributed by atoms with E-state index >= 15 is 0 Å². The molecule has 1 rings (SSSR count). The van der Waals surface area contributed by atoms with Crippen LogP contribution in [0.15, 0.2) is 17.0 Å². The van der Waals surface area contributed by atoms with Gasteiger partial charge in [-0.25, -0.2) is 12.8 Å². The molecule has 0 aliphatic rings. The minimum Gasteiger partial charge on any atom is -0.207 e. The number of halogens is 3. The summed E-state index contributed by atoms with van der Waals surface area (Å²) in [6, 6.07) is 2.26. The quantitative estimate of drug-likeness (QED) is 0.634. The zero-order valence-electron chi connectivity index (χ0n) is 8.75. The summed E-state index contributed by atoms with van der Waals surface area (Å²) in [5.41, 5.74) is 0. The first kappa shape index (κ1) is 14.3. The van der Waals surface area contributed by atoms with Crippen LogP contribution in [0, 0.1) is 18.2 Å². The van der Waals surface area contributed by atoms with E-state index in [1.165, 1.54) is 7.05 Å². The highest BCUT2D eigenvalue weighted by Crippen LogP contribution is 2.30. The molecule has 1 aromatic rings. The number of hydrogen-bond acceptors (Lipinski definition) is 2. The number of terminal acetylenes is 1. The fourth-order valence-electron chi connectivity index (χ4n) is 1.09. The molecule has 1 aromatic carbocycles. The molecular weight excluding hydrogens is 288 g/mol. The van der Waals surface area contributed by atoms with Gasteiger partial charge >= 0.3 is 0 Å². The van der Waals surface area contributed by atoms with E-state index in [2.05, 4.69) is 5.92 Å². The average molecular weight is 296 g/mol. The third-order valence-corrected chi connectivity index (χ3v) is 4.62. The lowest BCUT2D eigenvalue weighted by atomic mass is 10.3. The van der Waals surface area contributed by atoms with Crippen LogP contribution in [-0.2, 0) is 10.0 Å². The highest BCUT2D eigenvalue weighted by atomic mass is 35.5. The minimum absolute atomic E-state index is 0.136. The Kier molecular flexibility index (Phi) is 4.39. The molecular formula is C10H8Cl2FNO2S. The number of hydrogen-bond donors (Lipinski definition) is 0. The Morgan fingerprint density at radius 1 is 1.47 bits per heavy atom. The van der Waals surface area contributed by atoms with Gasteiger partial charge in [0.15, 0.2) is 5.82 Å². The summed E-state index contributed by atoms with van der Waals surface area (Å²) >= 11 is 11.1. The van der Waals surface area contributed by atoms with Crippen molar-refractivity contribution in [2.24, 2.45) is 0 Å². The van der Waals surface area contributed by atoms with Crippen molar-refractivity contribution >= 4 is 33.2 Å². The van der Waals surface area contributed by atoms with E-state index < -0.39 is 20.9 Å². The van der Waals surface area contributed by atoms with Crippen molar-refractivity contribution in [1.82, 2.24) is 4.31 Å². The van der Waals surface area contributed by atoms with Crippen LogP contribution >= 0.6 is 23.2 Å². The molecule has 0 amide bonds. The smallest absolute Gasteiger partial charge is 0.207 e. The summed E-state index contributed by atoms with van der Waals surface area (Å²) in [6.07, 6.45) is 5.01. The molecule has 0 atom stereocenters. The maximum Gasteiger partial charge on any atom is 0.245 e. The predicted molar refractivity (Wildman–Crippen MR) is 65.1 cm³/mol. The molecule has 0 saturated heterocycles. The fraction of sp³-hybridized carbons (Fsp3) is 0.200. The SMILES string of the molecule is C#CCN(C)S(=O)(=O)c1ccc(Cl)c(F)c1Cl. The van der Waals surface area contributed by atoms with Crippen LogP contribution in [0.2, 0.25) is 10.0 Å². The summed E-state index contributed by atoms with van der Waals surface area (Å²) in [4.78, 5) is -0.362. The molecule has 0 radical (unpaired) electrons. The minimum atomic E-state index is -3.91. The molecule has 0 saturated carbocycles. The summed E-state index contributed by atoms with van der Waals surface area (Å²) in [7, 11) is -2.63. The van der Waals surface area contributed by atoms with Crippen molar-refractivity contribution in [3.05, 3.63) is 28.0 Å². The topological polar surface area (TPSA) is 37.4 Å². The van der Waals surface area contributed by atoms with E-state index in [1.807, 2.05) is 0 Å². The Morgan fingerprint density at radius 2 is 2.06 bits per heavy atom. The molecule has 0 aromatic heterocycles. The molecule has 17 heavy (non-hydrogen) atoms. The fourth-order valence-corrected chi connectivity index (χ4v) is 2.89. The van der Waals surface area contributed by atoms with Crippen LogP contribution < -0.4 is 0 Å². The van der Waals surface area contributed by atoms with E-state index in [1.54, 1.807) is 0 Å². The van der Waals surface area contributed by atoms with Crippen molar-refractivity contribution < 1.29 is 12.8 Å². The molecule has 0 N–H and O–H groups in total. The van der Waals surface area contributed by atoms with E-state index in [0.29, 0.717) is 0 Å². The first-order valence-corrected chi connectivity index (χ1v) is 6.55. The van der Waals surface area contributed by atoms with Crippen LogP contribution in [-0.4, -0.2) is 26.3 Å². The molecule has 0 aliphatic heterocycles. The van der Waals surface area contributed by atoms with E-state index in [4.69, 9.17) is 29.6 Å². The summed E-state index contributed by atoms with van der Waals surface area (Å²) in [5.74, 6) is 1.20. The van der Waals surface area contributed by atoms with E-state index in [-0.39, 0.29) is 16.5 Å². The second kappa shape index (κ2) is 5.23. The van der Waals surface area contributed by atoms with Crippen LogP contribution in [0.5, 0.6) is 0 Å². The van der Waals surface area contributed by atoms with Crippen molar-refractivity contribution in [3.8, 4) is 12.3 Å². The van der Waals surface area contributed by atoms with Crippen LogP contribution in [0.3, 0.4) is 0 Å². The molecule has 0 aliphatic carbocycles. The maximum atomic E-state index is 13.4. The third kappa shape index (κ3) is 2.72. The predicted octanol–water partition coefficient (Wildman–Crippen LogP) is 2.39. The zero-order chi connectivity index (χ0) is 13.2. The van der Waals surface area contributed by atoms with Crippen molar-refractivity contribution in [2.75, 3.05) is 13.6 Å². The largest absolute Gasteiger partial charge is 0.245 e. The Labute approximate surface area is 109 Å². The zero-order valence-corrected chi connectivity index (χ0v) is 11.1. The molecule has 0 bridgehead atoms. The van der Waals surface area contributed by atoms with Crippen LogP contribution in [0.1, 0.15) is 0 Å². The maximum absolute atomic E-state index is 13.4. The van der Waals surface area contributed by atoms with Gasteiger partial charge in [-0.05, 0) is 12.1 Å². The van der Waals surface area contributed by atoms with Crippen molar-refractivity contribution in [2.45, 2.75) is 4.90 Å². The van der Waals surface area contributed by atoms with E-state index in [9.17, 15) is 12.8 Å². The lowest BCUT2D eigenvalue weighted by Gasteiger charge is -2.15. The molecule has 92 valence electrons. The van der Waals surface area contributed by atoms with Gasteiger partial charge in [-0.1, -0.05) is 29.1 Å². The van der Waals surface area contributed by atoms with Gasteiger partial charge in [-0.3, -0.25) is 0 Å². The highest BCUT2D eigenvalue weighted by Gasteiger charge is 2.25. The molecule has 0 unspecified atom stereocenters. The second-order valence-electron chi connectivity index (χ2n) is 3.14. The van der Waals surface area contributed by atoms with Gasteiger partial charge in [0.25, 0.3) is 0 Å². The lowest BCUT2D eigenvalue weighted by molar-refractivity contribution is 0.502. The standard InChI is InChI=1S/C10H8Cl2FNO2S/c1-3-6-14(2)17(15,16)8-5-4-7(11)10(13)9(8)12/h1,4-5H,6H2,2H3. The van der Waals surface area contributed by atoms with Crippen molar-refractivity contribution in [1.29, 1.82) is 0 Å². The number of nitrogens with zero attached hydrogens (tertiary/aromatic N) is 1. The summed E-state index contributed by atoms with van der Waals surface area (Å²) in [5, 5.41) is -0.782. The molecule has 0 heterocycles. The normalized spacial score (nSPS) is 11.5. The Bertz CT molecular complexity index is 581. The number of benzene rings is 1. The number of sulfonamides is 1. The molecule has 0 fully saturated rings. The van der Waals surface area contributed by atoms with Crippen LogP contribution in [0.4, 0.5) is 4.39 Å². The average Bonchev–Trinajstić information content (AvgIpc) is 2.26. The molecule has 0 spiro atoms. The van der Waals surface area contributed by atoms with Gasteiger partial charge < -0.3 is 0 Å². The van der Waals surface area contributed by atoms with Gasteiger partial charge in [0.2, 0.25) is 10.0 Å². The summed E-state index contributed by atoms with van der Waals surface area (Å²) in [6.45, 7) is -0.136. The Morgan fingerprint density at radius 3 is 2.59 bits per heavy atom. The Balaban J connectivity index is 3.36. The van der Waals surface area contributed by atoms with Gasteiger partial charge in [-0.15, -0.1) is 6.42 Å². The van der Waals surface area contributed by atoms with Crippen LogP contribution in [0.25, 0.3) is 0 Å². The third-order valence-electron chi connectivity index (χ3n) is 2.00. The Hall–Kier alpha value is -0.800. The first-order chi connectivity index (χ1) is 7.82. The van der Waals surface area contributed by atoms with Gasteiger partial charge in [0.05, 0.1) is 16.6 Å². The first-order valence-electron chi connectivity index (χ1n) is 4.35. The van der Waals surface area contributed by atoms with Gasteiger partial charge in [-0.2, -0.15) is 4.31 Å². The van der Waals surface area contributed by atoms with Crippen molar-refractivity contribution in [3.63, 3.8) is 0 Å².